The van der Waals surface area contributed by atoms with E-state index in [-0.39, 0.29) is 24.5 Å². The van der Waals surface area contributed by atoms with Crippen molar-refractivity contribution in [1.82, 2.24) is 15.0 Å². The van der Waals surface area contributed by atoms with Crippen molar-refractivity contribution >= 4 is 5.91 Å². The molecule has 0 saturated carbocycles. The fourth-order valence-corrected chi connectivity index (χ4v) is 3.77. The van der Waals surface area contributed by atoms with Gasteiger partial charge in [-0.2, -0.15) is 0 Å². The molecule has 6 nitrogen and oxygen atoms in total. The summed E-state index contributed by atoms with van der Waals surface area (Å²) in [6.07, 6.45) is 2.01. The first-order valence-electron chi connectivity index (χ1n) is 8.87. The average Bonchev–Trinajstić information content (AvgIpc) is 3.24. The number of benzene rings is 1. The molecule has 2 aromatic rings. The van der Waals surface area contributed by atoms with Crippen LogP contribution >= 0.6 is 0 Å². The third-order valence-corrected chi connectivity index (χ3v) is 5.22. The smallest absolute Gasteiger partial charge is 0.239 e. The molecule has 0 spiro atoms. The number of carbonyl (C=O) groups excluding carboxylic acids is 1. The number of aromatic nitrogens is 1. The minimum atomic E-state index is -0.140. The van der Waals surface area contributed by atoms with Gasteiger partial charge in [-0.05, 0) is 24.9 Å². The molecule has 1 aromatic heterocycles. The number of rotatable bonds is 5. The second kappa shape index (κ2) is 6.98. The standard InChI is InChI=1S/C19H23N3O3/c23-13-16-9-17(20-25-16)15-11-22(12-15)19(24)18-7-4-8-21(18)10-14-5-2-1-3-6-14/h1-3,5-6,9,15,18,23H,4,7-8,10-13H2. The maximum atomic E-state index is 12.9. The Morgan fingerprint density at radius 1 is 1.28 bits per heavy atom. The van der Waals surface area contributed by atoms with E-state index in [1.807, 2.05) is 23.1 Å². The number of carbonyl (C=O) groups is 1. The molecule has 25 heavy (non-hydrogen) atoms. The molecule has 2 saturated heterocycles. The van der Waals surface area contributed by atoms with E-state index in [2.05, 4.69) is 22.2 Å². The first-order valence-corrected chi connectivity index (χ1v) is 8.87. The minimum Gasteiger partial charge on any atom is -0.388 e. The van der Waals surface area contributed by atoms with Crippen molar-refractivity contribution in [2.24, 2.45) is 0 Å². The van der Waals surface area contributed by atoms with Crippen LogP contribution in [0, 0.1) is 0 Å². The van der Waals surface area contributed by atoms with Crippen LogP contribution in [0.15, 0.2) is 40.9 Å². The molecule has 2 fully saturated rings. The predicted octanol–water partition coefficient (Wildman–Crippen LogP) is 1.76. The SMILES string of the molecule is O=C(C1CCCN1Cc1ccccc1)N1CC(c2cc(CO)on2)C1. The second-order valence-electron chi connectivity index (χ2n) is 6.93. The molecule has 6 heteroatoms. The third kappa shape index (κ3) is 3.32. The van der Waals surface area contributed by atoms with Gasteiger partial charge in [-0.25, -0.2) is 0 Å². The third-order valence-electron chi connectivity index (χ3n) is 5.22. The van der Waals surface area contributed by atoms with Gasteiger partial charge in [-0.15, -0.1) is 0 Å². The molecule has 4 rings (SSSR count). The van der Waals surface area contributed by atoms with Crippen LogP contribution in [0.4, 0.5) is 0 Å². The topological polar surface area (TPSA) is 69.8 Å². The minimum absolute atomic E-state index is 0.00790. The summed E-state index contributed by atoms with van der Waals surface area (Å²) in [7, 11) is 0. The maximum absolute atomic E-state index is 12.9. The molecule has 1 atom stereocenters. The highest BCUT2D eigenvalue weighted by atomic mass is 16.5. The van der Waals surface area contributed by atoms with Crippen LogP contribution in [0.1, 0.15) is 35.8 Å². The van der Waals surface area contributed by atoms with E-state index in [4.69, 9.17) is 9.63 Å². The average molecular weight is 341 g/mol. The first kappa shape index (κ1) is 16.3. The lowest BCUT2D eigenvalue weighted by atomic mass is 9.95. The van der Waals surface area contributed by atoms with Gasteiger partial charge in [-0.3, -0.25) is 9.69 Å². The summed E-state index contributed by atoms with van der Waals surface area (Å²) in [6.45, 7) is 3.04. The Morgan fingerprint density at radius 2 is 2.08 bits per heavy atom. The zero-order valence-electron chi connectivity index (χ0n) is 14.2. The number of hydrogen-bond donors (Lipinski definition) is 1. The summed E-state index contributed by atoms with van der Waals surface area (Å²) in [5.41, 5.74) is 2.09. The van der Waals surface area contributed by atoms with E-state index >= 15 is 0 Å². The molecule has 132 valence electrons. The summed E-state index contributed by atoms with van der Waals surface area (Å²) >= 11 is 0. The van der Waals surface area contributed by atoms with Gasteiger partial charge in [-0.1, -0.05) is 35.5 Å². The van der Waals surface area contributed by atoms with E-state index in [0.29, 0.717) is 18.8 Å². The van der Waals surface area contributed by atoms with Crippen molar-refractivity contribution in [3.63, 3.8) is 0 Å². The van der Waals surface area contributed by atoms with Crippen molar-refractivity contribution in [3.05, 3.63) is 53.4 Å². The molecule has 1 N–H and O–H groups in total. The molecule has 0 radical (unpaired) electrons. The lowest BCUT2D eigenvalue weighted by Crippen LogP contribution is -2.54. The van der Waals surface area contributed by atoms with Gasteiger partial charge in [0.15, 0.2) is 5.76 Å². The summed E-state index contributed by atoms with van der Waals surface area (Å²) in [5, 5.41) is 13.0. The summed E-state index contributed by atoms with van der Waals surface area (Å²) in [6, 6.07) is 12.1. The summed E-state index contributed by atoms with van der Waals surface area (Å²) < 4.78 is 5.04. The predicted molar refractivity (Wildman–Crippen MR) is 91.6 cm³/mol. The Bertz CT molecular complexity index is 725. The Kier molecular flexibility index (Phi) is 4.55. The highest BCUT2D eigenvalue weighted by Crippen LogP contribution is 2.30. The Morgan fingerprint density at radius 3 is 2.80 bits per heavy atom. The number of hydrogen-bond acceptors (Lipinski definition) is 5. The van der Waals surface area contributed by atoms with Gasteiger partial charge in [0.25, 0.3) is 0 Å². The maximum Gasteiger partial charge on any atom is 0.239 e. The van der Waals surface area contributed by atoms with Gasteiger partial charge in [0.05, 0.1) is 11.7 Å². The monoisotopic (exact) mass is 341 g/mol. The number of likely N-dealkylation sites (tertiary alicyclic amines) is 2. The largest absolute Gasteiger partial charge is 0.388 e. The van der Waals surface area contributed by atoms with Crippen LogP contribution in [0.2, 0.25) is 0 Å². The molecule has 0 aliphatic carbocycles. The van der Waals surface area contributed by atoms with Gasteiger partial charge < -0.3 is 14.5 Å². The molecule has 1 amide bonds. The van der Waals surface area contributed by atoms with E-state index in [1.54, 1.807) is 6.07 Å². The molecule has 2 aliphatic heterocycles. The van der Waals surface area contributed by atoms with E-state index in [1.165, 1.54) is 5.56 Å². The molecule has 0 bridgehead atoms. The van der Waals surface area contributed by atoms with Gasteiger partial charge in [0.1, 0.15) is 6.61 Å². The Balaban J connectivity index is 1.35. The van der Waals surface area contributed by atoms with Crippen molar-refractivity contribution in [2.45, 2.75) is 38.0 Å². The Labute approximate surface area is 147 Å². The first-order chi connectivity index (χ1) is 12.2. The van der Waals surface area contributed by atoms with Crippen molar-refractivity contribution < 1.29 is 14.4 Å². The molecular formula is C19H23N3O3. The van der Waals surface area contributed by atoms with Crippen molar-refractivity contribution in [2.75, 3.05) is 19.6 Å². The molecule has 3 heterocycles. The molecule has 2 aliphatic rings. The number of nitrogens with zero attached hydrogens (tertiary/aromatic N) is 3. The summed E-state index contributed by atoms with van der Waals surface area (Å²) in [4.78, 5) is 17.1. The van der Waals surface area contributed by atoms with Gasteiger partial charge in [0, 0.05) is 31.6 Å². The lowest BCUT2D eigenvalue weighted by molar-refractivity contribution is -0.140. The normalized spacial score (nSPS) is 21.5. The van der Waals surface area contributed by atoms with Gasteiger partial charge >= 0.3 is 0 Å². The van der Waals surface area contributed by atoms with Crippen molar-refractivity contribution in [3.8, 4) is 0 Å². The van der Waals surface area contributed by atoms with Crippen LogP contribution in [-0.2, 0) is 17.9 Å². The highest BCUT2D eigenvalue weighted by Gasteiger charge is 2.40. The van der Waals surface area contributed by atoms with E-state index in [0.717, 1.165) is 31.6 Å². The van der Waals surface area contributed by atoms with Crippen LogP contribution in [0.3, 0.4) is 0 Å². The van der Waals surface area contributed by atoms with Crippen LogP contribution in [-0.4, -0.2) is 51.6 Å². The lowest BCUT2D eigenvalue weighted by Gasteiger charge is -2.41. The van der Waals surface area contributed by atoms with E-state index < -0.39 is 0 Å². The van der Waals surface area contributed by atoms with Crippen LogP contribution in [0.5, 0.6) is 0 Å². The number of aliphatic hydroxyl groups is 1. The Hall–Kier alpha value is -2.18. The molecule has 1 unspecified atom stereocenters. The van der Waals surface area contributed by atoms with Crippen molar-refractivity contribution in [1.29, 1.82) is 0 Å². The molecule has 1 aromatic carbocycles. The highest BCUT2D eigenvalue weighted by molar-refractivity contribution is 5.83. The fraction of sp³-hybridized carbons (Fsp3) is 0.474. The zero-order chi connectivity index (χ0) is 17.2. The fourth-order valence-electron chi connectivity index (χ4n) is 3.77. The quantitative estimate of drug-likeness (QED) is 0.897. The van der Waals surface area contributed by atoms with Gasteiger partial charge in [0.2, 0.25) is 5.91 Å². The number of amides is 1. The van der Waals surface area contributed by atoms with Crippen LogP contribution < -0.4 is 0 Å². The summed E-state index contributed by atoms with van der Waals surface area (Å²) in [5.74, 6) is 0.928. The second-order valence-corrected chi connectivity index (χ2v) is 6.93. The van der Waals surface area contributed by atoms with Crippen LogP contribution in [0.25, 0.3) is 0 Å². The molecular weight excluding hydrogens is 318 g/mol. The van der Waals surface area contributed by atoms with E-state index in [9.17, 15) is 4.79 Å². The number of aliphatic hydroxyl groups excluding tert-OH is 1. The zero-order valence-corrected chi connectivity index (χ0v) is 14.2.